The van der Waals surface area contributed by atoms with Gasteiger partial charge in [-0.1, -0.05) is 48.5 Å². The van der Waals surface area contributed by atoms with E-state index in [0.717, 1.165) is 38.7 Å². The smallest absolute Gasteiger partial charge is 0.305 e. The van der Waals surface area contributed by atoms with E-state index < -0.39 is 9.84 Å². The molecular formula is C41H26IrN3O2S. The van der Waals surface area contributed by atoms with Gasteiger partial charge >= 0.3 is 20.1 Å². The predicted octanol–water partition coefficient (Wildman–Crippen LogP) is 9.10. The van der Waals surface area contributed by atoms with E-state index in [2.05, 4.69) is 33.2 Å². The number of hydrogen-bond donors (Lipinski definition) is 0. The molecule has 0 N–H and O–H groups in total. The molecule has 0 saturated heterocycles. The van der Waals surface area contributed by atoms with Gasteiger partial charge in [0.1, 0.15) is 0 Å². The van der Waals surface area contributed by atoms with Crippen LogP contribution in [0.2, 0.25) is 0 Å². The summed E-state index contributed by atoms with van der Waals surface area (Å²) in [6, 6.07) is 53.2. The summed E-state index contributed by atoms with van der Waals surface area (Å²) in [7, 11) is -3.57. The Bertz CT molecular complexity index is 2260. The van der Waals surface area contributed by atoms with E-state index in [-0.39, 0.29) is 25.0 Å². The molecule has 5 nitrogen and oxygen atoms in total. The molecule has 48 heavy (non-hydrogen) atoms. The molecular weight excluding hydrogens is 791 g/mol. The van der Waals surface area contributed by atoms with Crippen molar-refractivity contribution in [2.75, 3.05) is 0 Å². The van der Waals surface area contributed by atoms with Gasteiger partial charge in [0.2, 0.25) is 0 Å². The van der Waals surface area contributed by atoms with Crippen molar-refractivity contribution in [1.82, 2.24) is 15.0 Å². The molecule has 232 valence electrons. The number of hydrogen-bond acceptors (Lipinski definition) is 5. The Balaban J connectivity index is 0.000000136. The average molecular weight is 817 g/mol. The first-order valence-corrected chi connectivity index (χ1v) is 16.4. The van der Waals surface area contributed by atoms with Gasteiger partial charge in [-0.25, -0.2) is 8.42 Å². The molecule has 1 aliphatic rings. The van der Waals surface area contributed by atoms with Gasteiger partial charge in [0.25, 0.3) is 0 Å². The van der Waals surface area contributed by atoms with Gasteiger partial charge in [0.15, 0.2) is 9.84 Å². The fourth-order valence-electron chi connectivity index (χ4n) is 5.52. The second-order valence-electron chi connectivity index (χ2n) is 10.6. The van der Waals surface area contributed by atoms with Crippen LogP contribution in [0.15, 0.2) is 168 Å². The Morgan fingerprint density at radius 3 is 1.71 bits per heavy atom. The van der Waals surface area contributed by atoms with Crippen LogP contribution in [-0.4, -0.2) is 23.4 Å². The summed E-state index contributed by atoms with van der Waals surface area (Å²) < 4.78 is 26.2. The minimum Gasteiger partial charge on any atom is -0.305 e. The molecule has 0 saturated carbocycles. The van der Waals surface area contributed by atoms with Gasteiger partial charge < -0.3 is 15.0 Å². The molecule has 0 unspecified atom stereocenters. The first kappa shape index (κ1) is 32.6. The van der Waals surface area contributed by atoms with E-state index in [1.807, 2.05) is 115 Å². The SMILES string of the molecule is O=S1(=O)c2ccc[c-]c2-c2nccc3c2c1cc1ccccc13.[Ir+3].[c-]1ccccc1-c1ccccn1.[c-]1ccccc1-c1ccccn1. The monoisotopic (exact) mass is 817 g/mol. The van der Waals surface area contributed by atoms with Crippen molar-refractivity contribution < 1.29 is 28.5 Å². The molecule has 4 heterocycles. The molecule has 0 spiro atoms. The Kier molecular flexibility index (Phi) is 9.93. The third kappa shape index (κ3) is 6.57. The van der Waals surface area contributed by atoms with Crippen LogP contribution in [-0.2, 0) is 29.9 Å². The van der Waals surface area contributed by atoms with Crippen molar-refractivity contribution in [2.24, 2.45) is 0 Å². The summed E-state index contributed by atoms with van der Waals surface area (Å²) >= 11 is 0. The molecule has 0 fully saturated rings. The second kappa shape index (κ2) is 14.6. The van der Waals surface area contributed by atoms with Gasteiger partial charge in [-0.05, 0) is 67.8 Å². The number of benzene rings is 5. The topological polar surface area (TPSA) is 72.8 Å². The Hall–Kier alpha value is -5.33. The average Bonchev–Trinajstić information content (AvgIpc) is 3.16. The van der Waals surface area contributed by atoms with E-state index in [9.17, 15) is 8.42 Å². The van der Waals surface area contributed by atoms with Crippen LogP contribution in [0.1, 0.15) is 0 Å². The second-order valence-corrected chi connectivity index (χ2v) is 12.5. The standard InChI is InChI=1S/C19H10NO2S.2C11H8N.Ir/c21-23(22)16-8-4-3-7-15(16)19-18-14(9-10-20-19)13-6-2-1-5-12(13)11-17(18)23;2*1-2-6-10(7-3-1)11-8-4-5-9-12-11;/h1-6,8-11H;2*1-6,8-9H;/q3*-1;+3. The minimum atomic E-state index is -3.57. The van der Waals surface area contributed by atoms with Crippen LogP contribution in [0.3, 0.4) is 0 Å². The summed E-state index contributed by atoms with van der Waals surface area (Å²) in [5, 5.41) is 3.55. The quantitative estimate of drug-likeness (QED) is 0.129. The molecule has 5 aromatic carbocycles. The molecule has 0 aliphatic carbocycles. The molecule has 1 aliphatic heterocycles. The van der Waals surface area contributed by atoms with Crippen LogP contribution in [0, 0.1) is 18.2 Å². The van der Waals surface area contributed by atoms with Crippen LogP contribution < -0.4 is 0 Å². The first-order valence-electron chi connectivity index (χ1n) is 14.9. The van der Waals surface area contributed by atoms with Crippen molar-refractivity contribution in [2.45, 2.75) is 9.79 Å². The van der Waals surface area contributed by atoms with Gasteiger partial charge in [-0.2, -0.15) is 0 Å². The molecule has 0 bridgehead atoms. The number of rotatable bonds is 2. The van der Waals surface area contributed by atoms with Crippen LogP contribution in [0.25, 0.3) is 55.3 Å². The van der Waals surface area contributed by atoms with E-state index >= 15 is 0 Å². The number of sulfone groups is 1. The molecule has 0 radical (unpaired) electrons. The number of fused-ring (bicyclic) bond motifs is 4. The summed E-state index contributed by atoms with van der Waals surface area (Å²) in [6.07, 6.45) is 5.31. The molecule has 0 atom stereocenters. The first-order chi connectivity index (χ1) is 23.1. The maximum Gasteiger partial charge on any atom is 3.00 e. The van der Waals surface area contributed by atoms with Crippen molar-refractivity contribution in [1.29, 1.82) is 0 Å². The number of nitrogens with zero attached hydrogens (tertiary/aromatic N) is 3. The van der Waals surface area contributed by atoms with Crippen molar-refractivity contribution in [3.63, 3.8) is 0 Å². The summed E-state index contributed by atoms with van der Waals surface area (Å²) in [4.78, 5) is 13.5. The zero-order valence-electron chi connectivity index (χ0n) is 25.4. The predicted molar refractivity (Wildman–Crippen MR) is 186 cm³/mol. The van der Waals surface area contributed by atoms with Crippen LogP contribution in [0.4, 0.5) is 0 Å². The van der Waals surface area contributed by atoms with Gasteiger partial charge in [0.05, 0.1) is 4.90 Å². The Morgan fingerprint density at radius 2 is 1.10 bits per heavy atom. The molecule has 3 aromatic heterocycles. The van der Waals surface area contributed by atoms with E-state index in [1.54, 1.807) is 42.9 Å². The molecule has 9 rings (SSSR count). The maximum absolute atomic E-state index is 13.1. The van der Waals surface area contributed by atoms with Crippen molar-refractivity contribution in [3.05, 3.63) is 176 Å². The summed E-state index contributed by atoms with van der Waals surface area (Å²) in [5.74, 6) is 0. The van der Waals surface area contributed by atoms with Gasteiger partial charge in [-0.15, -0.1) is 102 Å². The molecule has 7 heteroatoms. The Labute approximate surface area is 293 Å². The largest absolute Gasteiger partial charge is 3.00 e. The Morgan fingerprint density at radius 1 is 0.500 bits per heavy atom. The van der Waals surface area contributed by atoms with Gasteiger partial charge in [-0.3, -0.25) is 0 Å². The third-order valence-electron chi connectivity index (χ3n) is 7.67. The normalized spacial score (nSPS) is 11.9. The fraction of sp³-hybridized carbons (Fsp3) is 0. The summed E-state index contributed by atoms with van der Waals surface area (Å²) in [6.45, 7) is 0. The zero-order valence-corrected chi connectivity index (χ0v) is 28.6. The van der Waals surface area contributed by atoms with Crippen molar-refractivity contribution in [3.8, 4) is 33.8 Å². The maximum atomic E-state index is 13.1. The van der Waals surface area contributed by atoms with E-state index in [0.29, 0.717) is 21.5 Å². The van der Waals surface area contributed by atoms with E-state index in [1.165, 1.54) is 0 Å². The number of pyridine rings is 3. The van der Waals surface area contributed by atoms with Crippen LogP contribution >= 0.6 is 0 Å². The number of aromatic nitrogens is 3. The van der Waals surface area contributed by atoms with Crippen LogP contribution in [0.5, 0.6) is 0 Å². The third-order valence-corrected chi connectivity index (χ3v) is 9.49. The summed E-state index contributed by atoms with van der Waals surface area (Å²) in [5.41, 5.74) is 5.27. The van der Waals surface area contributed by atoms with Crippen molar-refractivity contribution >= 4 is 31.4 Å². The molecule has 0 amide bonds. The van der Waals surface area contributed by atoms with E-state index in [4.69, 9.17) is 0 Å². The van der Waals surface area contributed by atoms with Gasteiger partial charge in [0, 0.05) is 18.6 Å². The minimum absolute atomic E-state index is 0. The molecule has 8 aromatic rings. The zero-order chi connectivity index (χ0) is 32.1. The fourth-order valence-corrected chi connectivity index (χ4v) is 7.19.